The Morgan fingerprint density at radius 1 is 1.04 bits per heavy atom. The molecule has 49 heavy (non-hydrogen) atoms. The first kappa shape index (κ1) is 36.1. The normalized spacial score (nSPS) is 28.4. The van der Waals surface area contributed by atoms with Gasteiger partial charge < -0.3 is 30.3 Å². The fourth-order valence-corrected chi connectivity index (χ4v) is 7.75. The van der Waals surface area contributed by atoms with Gasteiger partial charge in [-0.1, -0.05) is 31.1 Å². The van der Waals surface area contributed by atoms with Crippen LogP contribution >= 0.6 is 0 Å². The molecule has 5 atom stereocenters. The lowest BCUT2D eigenvalue weighted by molar-refractivity contribution is -0.141. The Morgan fingerprint density at radius 2 is 1.80 bits per heavy atom. The summed E-state index contributed by atoms with van der Waals surface area (Å²) in [6.07, 6.45) is 7.25. The van der Waals surface area contributed by atoms with Crippen molar-refractivity contribution in [1.29, 1.82) is 0 Å². The van der Waals surface area contributed by atoms with Crippen molar-refractivity contribution in [3.63, 3.8) is 0 Å². The number of amides is 5. The molecule has 3 fully saturated rings. The van der Waals surface area contributed by atoms with Crippen molar-refractivity contribution in [3.05, 3.63) is 42.0 Å². The highest BCUT2D eigenvalue weighted by Gasteiger charge is 2.62. The first-order valence-electron chi connectivity index (χ1n) is 16.9. The molecule has 4 aliphatic rings. The number of fused-ring (bicyclic) bond motifs is 2. The van der Waals surface area contributed by atoms with Gasteiger partial charge in [0, 0.05) is 24.1 Å². The van der Waals surface area contributed by atoms with Crippen LogP contribution in [0.25, 0.3) is 0 Å². The predicted octanol–water partition coefficient (Wildman–Crippen LogP) is 2.29. The fourth-order valence-electron chi connectivity index (χ4n) is 6.39. The standard InChI is InChI=1S/C34H47N5O9S/c1-33(2,3)48-32(44)36-26-14-9-7-5-6-8-12-22-19-34(22,31(43)38-49(45,46)25-15-16-25)37-29(41)27-18-23(20-39(27)30(26)42)35-28(40)21-11-10-13-24(17-21)47-4/h8,10-13,17,22-23,25-27H,5-7,9,14-16,18-20H2,1-4H3,(H,35,40)(H,36,44)(H,37,41)(H,38,43)/b12-8-/t22-,23+,26-,27-,34+/m0/s1. The molecule has 1 aromatic rings. The number of carbonyl (C=O) groups excluding carboxylic acids is 5. The van der Waals surface area contributed by atoms with E-state index in [1.165, 1.54) is 12.0 Å². The van der Waals surface area contributed by atoms with Crippen LogP contribution in [0.4, 0.5) is 4.79 Å². The zero-order valence-electron chi connectivity index (χ0n) is 28.5. The fraction of sp³-hybridized carbons (Fsp3) is 0.618. The van der Waals surface area contributed by atoms with Gasteiger partial charge in [0.2, 0.25) is 21.8 Å². The smallest absolute Gasteiger partial charge is 0.408 e. The molecule has 14 nitrogen and oxygen atoms in total. The molecule has 2 aliphatic carbocycles. The van der Waals surface area contributed by atoms with Gasteiger partial charge in [0.25, 0.3) is 11.8 Å². The molecule has 2 aliphatic heterocycles. The quantitative estimate of drug-likeness (QED) is 0.309. The van der Waals surface area contributed by atoms with Gasteiger partial charge in [-0.25, -0.2) is 13.2 Å². The second-order valence-electron chi connectivity index (χ2n) is 14.4. The van der Waals surface area contributed by atoms with Gasteiger partial charge in [0.1, 0.15) is 29.0 Å². The summed E-state index contributed by atoms with van der Waals surface area (Å²) in [4.78, 5) is 69.4. The third kappa shape index (κ3) is 8.91. The van der Waals surface area contributed by atoms with Gasteiger partial charge in [-0.3, -0.25) is 23.9 Å². The Hall–Kier alpha value is -4.14. The molecule has 0 spiro atoms. The second-order valence-corrected chi connectivity index (χ2v) is 16.3. The van der Waals surface area contributed by atoms with Crippen LogP contribution in [0.15, 0.2) is 36.4 Å². The van der Waals surface area contributed by atoms with E-state index in [9.17, 15) is 32.4 Å². The topological polar surface area (TPSA) is 189 Å². The third-order valence-corrected chi connectivity index (χ3v) is 11.1. The highest BCUT2D eigenvalue weighted by Crippen LogP contribution is 2.46. The van der Waals surface area contributed by atoms with E-state index in [1.807, 2.05) is 12.2 Å². The summed E-state index contributed by atoms with van der Waals surface area (Å²) in [5.74, 6) is -2.39. The molecule has 2 saturated carbocycles. The molecule has 0 aromatic heterocycles. The lowest BCUT2D eigenvalue weighted by atomic mass is 10.0. The van der Waals surface area contributed by atoms with Crippen LogP contribution in [0.5, 0.6) is 5.75 Å². The van der Waals surface area contributed by atoms with Crippen LogP contribution in [-0.4, -0.2) is 91.2 Å². The number of allylic oxidation sites excluding steroid dienone is 1. The first-order valence-corrected chi connectivity index (χ1v) is 18.5. The molecule has 0 bridgehead atoms. The minimum Gasteiger partial charge on any atom is -0.497 e. The van der Waals surface area contributed by atoms with Crippen LogP contribution in [0, 0.1) is 5.92 Å². The van der Waals surface area contributed by atoms with Crippen LogP contribution in [0.1, 0.15) is 88.9 Å². The zero-order valence-corrected chi connectivity index (χ0v) is 29.3. The molecule has 0 radical (unpaired) electrons. The van der Waals surface area contributed by atoms with E-state index < -0.39 is 80.2 Å². The minimum atomic E-state index is -3.89. The molecule has 268 valence electrons. The van der Waals surface area contributed by atoms with Crippen molar-refractivity contribution in [2.45, 2.75) is 113 Å². The Bertz CT molecular complexity index is 1600. The lowest BCUT2D eigenvalue weighted by Crippen LogP contribution is -2.58. The van der Waals surface area contributed by atoms with E-state index >= 15 is 0 Å². The van der Waals surface area contributed by atoms with Gasteiger partial charge in [-0.2, -0.15) is 0 Å². The molecule has 2 heterocycles. The number of nitrogens with zero attached hydrogens (tertiary/aromatic N) is 1. The van der Waals surface area contributed by atoms with E-state index in [0.717, 1.165) is 12.8 Å². The predicted molar refractivity (Wildman–Crippen MR) is 179 cm³/mol. The van der Waals surface area contributed by atoms with Gasteiger partial charge in [0.15, 0.2) is 0 Å². The van der Waals surface area contributed by atoms with E-state index in [0.29, 0.717) is 43.4 Å². The van der Waals surface area contributed by atoms with E-state index in [4.69, 9.17) is 9.47 Å². The Kier molecular flexibility index (Phi) is 10.6. The molecule has 4 N–H and O–H groups in total. The molecular weight excluding hydrogens is 654 g/mol. The van der Waals surface area contributed by atoms with Crippen LogP contribution in [0.3, 0.4) is 0 Å². The van der Waals surface area contributed by atoms with Crippen LogP contribution in [0.2, 0.25) is 0 Å². The second kappa shape index (κ2) is 14.4. The number of hydrogen-bond donors (Lipinski definition) is 4. The number of carbonyl (C=O) groups is 5. The van der Waals surface area contributed by atoms with Crippen LogP contribution < -0.4 is 25.4 Å². The van der Waals surface area contributed by atoms with Crippen molar-refractivity contribution in [2.24, 2.45) is 5.92 Å². The monoisotopic (exact) mass is 701 g/mol. The number of sulfonamides is 1. The first-order chi connectivity index (χ1) is 23.1. The van der Waals surface area contributed by atoms with Gasteiger partial charge in [0.05, 0.1) is 12.4 Å². The summed E-state index contributed by atoms with van der Waals surface area (Å²) in [5, 5.41) is 7.79. The summed E-state index contributed by atoms with van der Waals surface area (Å²) in [7, 11) is -2.40. The maximum absolute atomic E-state index is 14.2. The van der Waals surface area contributed by atoms with Crippen molar-refractivity contribution in [2.75, 3.05) is 13.7 Å². The van der Waals surface area contributed by atoms with Gasteiger partial charge in [-0.15, -0.1) is 0 Å². The molecule has 0 unspecified atom stereocenters. The largest absolute Gasteiger partial charge is 0.497 e. The number of alkyl carbamates (subject to hydrolysis) is 1. The van der Waals surface area contributed by atoms with Gasteiger partial charge in [-0.05, 0) is 83.9 Å². The average molecular weight is 702 g/mol. The molecule has 15 heteroatoms. The maximum Gasteiger partial charge on any atom is 0.408 e. The van der Waals surface area contributed by atoms with Gasteiger partial charge >= 0.3 is 6.09 Å². The molecular formula is C34H47N5O9S. The Morgan fingerprint density at radius 3 is 2.49 bits per heavy atom. The summed E-state index contributed by atoms with van der Waals surface area (Å²) >= 11 is 0. The summed E-state index contributed by atoms with van der Waals surface area (Å²) in [6, 6.07) is 3.75. The van der Waals surface area contributed by atoms with Crippen LogP contribution in [-0.2, 0) is 29.1 Å². The molecule has 5 rings (SSSR count). The van der Waals surface area contributed by atoms with E-state index in [-0.39, 0.29) is 19.4 Å². The number of ether oxygens (including phenoxy) is 2. The minimum absolute atomic E-state index is 0.0189. The molecule has 5 amide bonds. The average Bonchev–Trinajstić information content (AvgIpc) is 3.95. The van der Waals surface area contributed by atoms with Crippen molar-refractivity contribution >= 4 is 39.7 Å². The third-order valence-electron chi connectivity index (χ3n) is 9.24. The summed E-state index contributed by atoms with van der Waals surface area (Å²) in [6.45, 7) is 5.09. The summed E-state index contributed by atoms with van der Waals surface area (Å²) < 4.78 is 38.3. The zero-order chi connectivity index (χ0) is 35.6. The number of nitrogens with one attached hydrogen (secondary N) is 4. The SMILES string of the molecule is COc1cccc(C(=O)N[C@@H]2C[C@H]3C(=O)N[C@]4(C(=O)NS(=O)(=O)C5CC5)C[C@@H]4/C=C\CCCCC[C@H](NC(=O)OC(C)(C)C)C(=O)N3C2)c1. The lowest BCUT2D eigenvalue weighted by Gasteiger charge is -2.30. The van der Waals surface area contributed by atoms with Crippen molar-refractivity contribution < 1.29 is 41.9 Å². The Balaban J connectivity index is 1.43. The van der Waals surface area contributed by atoms with Crippen molar-refractivity contribution in [1.82, 2.24) is 25.6 Å². The highest BCUT2D eigenvalue weighted by atomic mass is 32.2. The maximum atomic E-state index is 14.2. The molecule has 1 aromatic carbocycles. The summed E-state index contributed by atoms with van der Waals surface area (Å²) in [5.41, 5.74) is -2.00. The highest BCUT2D eigenvalue weighted by molar-refractivity contribution is 7.91. The molecule has 1 saturated heterocycles. The van der Waals surface area contributed by atoms with Crippen molar-refractivity contribution in [3.8, 4) is 5.75 Å². The number of rotatable bonds is 7. The Labute approximate surface area is 287 Å². The van der Waals surface area contributed by atoms with E-state index in [1.54, 1.807) is 45.0 Å². The van der Waals surface area contributed by atoms with E-state index in [2.05, 4.69) is 20.7 Å². The number of hydrogen-bond acceptors (Lipinski definition) is 9. The number of methoxy groups -OCH3 is 1. The number of benzene rings is 1.